The summed E-state index contributed by atoms with van der Waals surface area (Å²) in [4.78, 5) is 17.0. The fourth-order valence-electron chi connectivity index (χ4n) is 3.70. The third-order valence-electron chi connectivity index (χ3n) is 5.28. The van der Waals surface area contributed by atoms with Crippen molar-refractivity contribution in [3.63, 3.8) is 0 Å². The first-order chi connectivity index (χ1) is 11.6. The number of likely N-dealkylation sites (tertiary alicyclic amines) is 2. The molecular weight excluding hydrogens is 302 g/mol. The third-order valence-corrected chi connectivity index (χ3v) is 5.28. The Kier molecular flexibility index (Phi) is 5.87. The summed E-state index contributed by atoms with van der Waals surface area (Å²) in [6.45, 7) is 6.34. The minimum absolute atomic E-state index is 0.0743. The van der Waals surface area contributed by atoms with Gasteiger partial charge in [-0.25, -0.2) is 0 Å². The van der Waals surface area contributed by atoms with Crippen molar-refractivity contribution in [2.45, 2.75) is 51.3 Å². The number of carbonyl (C=O) groups excluding carboxylic acids is 1. The van der Waals surface area contributed by atoms with E-state index in [-0.39, 0.29) is 12.0 Å². The van der Waals surface area contributed by atoms with E-state index in [0.29, 0.717) is 12.6 Å². The molecule has 132 valence electrons. The van der Waals surface area contributed by atoms with Gasteiger partial charge in [0.05, 0.1) is 12.6 Å². The summed E-state index contributed by atoms with van der Waals surface area (Å²) < 4.78 is 0. The number of nitrogens with one attached hydrogen (secondary N) is 1. The van der Waals surface area contributed by atoms with Gasteiger partial charge in [-0.15, -0.1) is 0 Å². The molecule has 0 aromatic heterocycles. The van der Waals surface area contributed by atoms with Crippen LogP contribution in [0.25, 0.3) is 0 Å². The molecule has 0 radical (unpaired) electrons. The third kappa shape index (κ3) is 4.56. The number of hydrogen-bond donors (Lipinski definition) is 2. The standard InChI is InChI=1S/C19H29N3O2/c1-15-5-4-10-22(15)14-19(24)20-18-7-3-2-6-16(18)13-21-11-8-17(23)9-12-21/h2-3,6-7,15,17,23H,4-5,8-14H2,1H3,(H,20,24). The van der Waals surface area contributed by atoms with Crippen molar-refractivity contribution in [1.29, 1.82) is 0 Å². The maximum absolute atomic E-state index is 12.4. The van der Waals surface area contributed by atoms with Crippen LogP contribution >= 0.6 is 0 Å². The molecule has 1 amide bonds. The molecule has 3 rings (SSSR count). The van der Waals surface area contributed by atoms with Crippen molar-refractivity contribution in [2.75, 3.05) is 31.5 Å². The molecule has 0 aliphatic carbocycles. The molecule has 0 spiro atoms. The number of hydrogen-bond acceptors (Lipinski definition) is 4. The molecular formula is C19H29N3O2. The number of aliphatic hydroxyl groups excluding tert-OH is 1. The molecule has 1 unspecified atom stereocenters. The van der Waals surface area contributed by atoms with Gasteiger partial charge in [-0.1, -0.05) is 18.2 Å². The zero-order valence-electron chi connectivity index (χ0n) is 14.6. The lowest BCUT2D eigenvalue weighted by Gasteiger charge is -2.30. The molecule has 1 aromatic rings. The molecule has 2 N–H and O–H groups in total. The molecule has 2 heterocycles. The normalized spacial score (nSPS) is 23.5. The fraction of sp³-hybridized carbons (Fsp3) is 0.632. The predicted octanol–water partition coefficient (Wildman–Crippen LogP) is 2.07. The number of carbonyl (C=O) groups is 1. The molecule has 5 nitrogen and oxygen atoms in total. The summed E-state index contributed by atoms with van der Waals surface area (Å²) >= 11 is 0. The van der Waals surface area contributed by atoms with Crippen molar-refractivity contribution in [2.24, 2.45) is 0 Å². The van der Waals surface area contributed by atoms with E-state index in [0.717, 1.165) is 50.3 Å². The van der Waals surface area contributed by atoms with Crippen LogP contribution < -0.4 is 5.32 Å². The maximum atomic E-state index is 12.4. The Hall–Kier alpha value is -1.43. The zero-order valence-corrected chi connectivity index (χ0v) is 14.6. The van der Waals surface area contributed by atoms with Crippen LogP contribution in [0.2, 0.25) is 0 Å². The first-order valence-electron chi connectivity index (χ1n) is 9.14. The number of benzene rings is 1. The van der Waals surface area contributed by atoms with Gasteiger partial charge in [-0.3, -0.25) is 14.6 Å². The Balaban J connectivity index is 1.58. The van der Waals surface area contributed by atoms with Crippen molar-refractivity contribution >= 4 is 11.6 Å². The highest BCUT2D eigenvalue weighted by atomic mass is 16.3. The molecule has 5 heteroatoms. The second-order valence-corrected chi connectivity index (χ2v) is 7.17. The summed E-state index contributed by atoms with van der Waals surface area (Å²) in [7, 11) is 0. The highest BCUT2D eigenvalue weighted by Gasteiger charge is 2.23. The fourth-order valence-corrected chi connectivity index (χ4v) is 3.70. The lowest BCUT2D eigenvalue weighted by molar-refractivity contribution is -0.117. The minimum atomic E-state index is -0.154. The number of amides is 1. The first-order valence-corrected chi connectivity index (χ1v) is 9.14. The number of para-hydroxylation sites is 1. The summed E-state index contributed by atoms with van der Waals surface area (Å²) in [5.74, 6) is 0.0743. The van der Waals surface area contributed by atoms with Gasteiger partial charge < -0.3 is 10.4 Å². The summed E-state index contributed by atoms with van der Waals surface area (Å²) in [6, 6.07) is 8.56. The quantitative estimate of drug-likeness (QED) is 0.867. The van der Waals surface area contributed by atoms with Crippen LogP contribution in [-0.4, -0.2) is 59.1 Å². The Labute approximate surface area is 144 Å². The molecule has 2 fully saturated rings. The van der Waals surface area contributed by atoms with Crippen molar-refractivity contribution in [3.8, 4) is 0 Å². The molecule has 2 aliphatic rings. The topological polar surface area (TPSA) is 55.8 Å². The molecule has 0 saturated carbocycles. The summed E-state index contributed by atoms with van der Waals surface area (Å²) in [5, 5.41) is 12.7. The smallest absolute Gasteiger partial charge is 0.238 e. The lowest BCUT2D eigenvalue weighted by Crippen LogP contribution is -2.36. The van der Waals surface area contributed by atoms with Crippen LogP contribution in [0.1, 0.15) is 38.2 Å². The average Bonchev–Trinajstić information content (AvgIpc) is 2.96. The number of rotatable bonds is 5. The van der Waals surface area contributed by atoms with Crippen molar-refractivity contribution in [3.05, 3.63) is 29.8 Å². The number of aliphatic hydroxyl groups is 1. The molecule has 2 saturated heterocycles. The van der Waals surface area contributed by atoms with E-state index in [2.05, 4.69) is 28.1 Å². The van der Waals surface area contributed by atoms with Crippen LogP contribution in [-0.2, 0) is 11.3 Å². The molecule has 1 aromatic carbocycles. The van der Waals surface area contributed by atoms with Crippen molar-refractivity contribution < 1.29 is 9.90 Å². The van der Waals surface area contributed by atoms with Crippen LogP contribution in [0.15, 0.2) is 24.3 Å². The second-order valence-electron chi connectivity index (χ2n) is 7.17. The Bertz CT molecular complexity index is 555. The highest BCUT2D eigenvalue weighted by molar-refractivity contribution is 5.93. The van der Waals surface area contributed by atoms with E-state index >= 15 is 0 Å². The second kappa shape index (κ2) is 8.10. The van der Waals surface area contributed by atoms with E-state index in [1.165, 1.54) is 12.8 Å². The number of nitrogens with zero attached hydrogens (tertiary/aromatic N) is 2. The lowest BCUT2D eigenvalue weighted by atomic mass is 10.1. The average molecular weight is 331 g/mol. The van der Waals surface area contributed by atoms with Gasteiger partial charge in [0.15, 0.2) is 0 Å². The van der Waals surface area contributed by atoms with Gasteiger partial charge in [-0.2, -0.15) is 0 Å². The van der Waals surface area contributed by atoms with Gasteiger partial charge in [0.25, 0.3) is 0 Å². The number of anilines is 1. The SMILES string of the molecule is CC1CCCN1CC(=O)Nc1ccccc1CN1CCC(O)CC1. The molecule has 0 bridgehead atoms. The zero-order chi connectivity index (χ0) is 16.9. The van der Waals surface area contributed by atoms with Gasteiger partial charge in [0.1, 0.15) is 0 Å². The van der Waals surface area contributed by atoms with E-state index < -0.39 is 0 Å². The predicted molar refractivity (Wildman–Crippen MR) is 95.9 cm³/mol. The van der Waals surface area contributed by atoms with E-state index in [1.807, 2.05) is 18.2 Å². The van der Waals surface area contributed by atoms with E-state index in [9.17, 15) is 9.90 Å². The van der Waals surface area contributed by atoms with Crippen LogP contribution in [0, 0.1) is 0 Å². The molecule has 1 atom stereocenters. The van der Waals surface area contributed by atoms with E-state index in [4.69, 9.17) is 0 Å². The highest BCUT2D eigenvalue weighted by Crippen LogP contribution is 2.21. The minimum Gasteiger partial charge on any atom is -0.393 e. The molecule has 24 heavy (non-hydrogen) atoms. The first kappa shape index (κ1) is 17.4. The monoisotopic (exact) mass is 331 g/mol. The maximum Gasteiger partial charge on any atom is 0.238 e. The van der Waals surface area contributed by atoms with Crippen LogP contribution in [0.5, 0.6) is 0 Å². The van der Waals surface area contributed by atoms with Crippen molar-refractivity contribution in [1.82, 2.24) is 9.80 Å². The summed E-state index contributed by atoms with van der Waals surface area (Å²) in [5.41, 5.74) is 2.07. The van der Waals surface area contributed by atoms with Crippen LogP contribution in [0.3, 0.4) is 0 Å². The van der Waals surface area contributed by atoms with Crippen LogP contribution in [0.4, 0.5) is 5.69 Å². The van der Waals surface area contributed by atoms with Gasteiger partial charge >= 0.3 is 0 Å². The summed E-state index contributed by atoms with van der Waals surface area (Å²) in [6.07, 6.45) is 3.89. The Morgan fingerprint density at radius 1 is 1.21 bits per heavy atom. The Morgan fingerprint density at radius 3 is 2.67 bits per heavy atom. The van der Waals surface area contributed by atoms with Gasteiger partial charge in [-0.05, 0) is 50.8 Å². The molecule has 2 aliphatic heterocycles. The largest absolute Gasteiger partial charge is 0.393 e. The van der Waals surface area contributed by atoms with Gasteiger partial charge in [0.2, 0.25) is 5.91 Å². The Morgan fingerprint density at radius 2 is 1.96 bits per heavy atom. The number of piperidine rings is 1. The van der Waals surface area contributed by atoms with Gasteiger partial charge in [0, 0.05) is 31.4 Å². The van der Waals surface area contributed by atoms with E-state index in [1.54, 1.807) is 0 Å².